The first kappa shape index (κ1) is 14.8. The van der Waals surface area contributed by atoms with Crippen LogP contribution in [-0.2, 0) is 11.3 Å². The van der Waals surface area contributed by atoms with Crippen LogP contribution in [0.3, 0.4) is 0 Å². The second kappa shape index (κ2) is 6.77. The van der Waals surface area contributed by atoms with Gasteiger partial charge < -0.3 is 9.57 Å². The highest BCUT2D eigenvalue weighted by molar-refractivity contribution is 7.19. The second-order valence-electron chi connectivity index (χ2n) is 4.49. The van der Waals surface area contributed by atoms with E-state index < -0.39 is 0 Å². The van der Waals surface area contributed by atoms with Crippen LogP contribution in [0, 0.1) is 0 Å². The van der Waals surface area contributed by atoms with Crippen molar-refractivity contribution in [2.75, 3.05) is 7.11 Å². The lowest BCUT2D eigenvalue weighted by molar-refractivity contribution is 0.215. The maximum atomic E-state index is 5.91. The Morgan fingerprint density at radius 2 is 2.09 bits per heavy atom. The van der Waals surface area contributed by atoms with Gasteiger partial charge in [-0.15, -0.1) is 11.3 Å². The third-order valence-electron chi connectivity index (χ3n) is 2.97. The van der Waals surface area contributed by atoms with Crippen molar-refractivity contribution in [1.82, 2.24) is 4.98 Å². The number of oxime groups is 1. The summed E-state index contributed by atoms with van der Waals surface area (Å²) < 4.78 is 6.99. The highest BCUT2D eigenvalue weighted by Crippen LogP contribution is 2.34. The number of aromatic nitrogens is 1. The number of fused-ring (bicyclic) bond motifs is 1. The fraction of sp³-hybridized carbons (Fsp3) is 0.125. The van der Waals surface area contributed by atoms with Crippen molar-refractivity contribution < 1.29 is 9.57 Å². The van der Waals surface area contributed by atoms with E-state index in [9.17, 15) is 0 Å². The number of ether oxygens (including phenoxy) is 1. The molecule has 3 rings (SSSR count). The molecule has 1 aromatic carbocycles. The van der Waals surface area contributed by atoms with E-state index in [-0.39, 0.29) is 0 Å². The highest BCUT2D eigenvalue weighted by Gasteiger charge is 2.08. The summed E-state index contributed by atoms with van der Waals surface area (Å²) >= 11 is 7.55. The van der Waals surface area contributed by atoms with Crippen LogP contribution in [0.15, 0.2) is 47.9 Å². The van der Waals surface area contributed by atoms with E-state index in [1.54, 1.807) is 35.9 Å². The summed E-state index contributed by atoms with van der Waals surface area (Å²) in [7, 11) is 1.53. The van der Waals surface area contributed by atoms with E-state index in [0.29, 0.717) is 11.4 Å². The molecule has 0 amide bonds. The molecule has 0 aliphatic heterocycles. The van der Waals surface area contributed by atoms with E-state index in [4.69, 9.17) is 16.3 Å². The quantitative estimate of drug-likeness (QED) is 0.492. The summed E-state index contributed by atoms with van der Waals surface area (Å²) in [5.74, 6) is 1.46. The fourth-order valence-corrected chi connectivity index (χ4v) is 3.13. The number of hydrogen-bond donors (Lipinski definition) is 0. The largest absolute Gasteiger partial charge is 0.455 e. The molecular formula is C16H13ClN2O2S. The number of hydrogen-bond acceptors (Lipinski definition) is 5. The predicted octanol–water partition coefficient (Wildman–Crippen LogP) is 4.92. The van der Waals surface area contributed by atoms with Gasteiger partial charge in [0.05, 0.1) is 10.9 Å². The average Bonchev–Trinajstić information content (AvgIpc) is 2.94. The van der Waals surface area contributed by atoms with Gasteiger partial charge >= 0.3 is 0 Å². The normalized spacial score (nSPS) is 11.2. The third kappa shape index (κ3) is 3.37. The molecule has 6 heteroatoms. The van der Waals surface area contributed by atoms with E-state index in [1.165, 1.54) is 12.0 Å². The Morgan fingerprint density at radius 1 is 1.27 bits per heavy atom. The summed E-state index contributed by atoms with van der Waals surface area (Å²) in [6.45, 7) is 0. The summed E-state index contributed by atoms with van der Waals surface area (Å²) in [6, 6.07) is 9.35. The summed E-state index contributed by atoms with van der Waals surface area (Å²) in [6.07, 6.45) is 6.01. The molecule has 112 valence electrons. The minimum atomic E-state index is 0.680. The molecule has 0 bridgehead atoms. The Labute approximate surface area is 137 Å². The lowest BCUT2D eigenvalue weighted by atomic mass is 10.2. The molecule has 0 fully saturated rings. The van der Waals surface area contributed by atoms with E-state index in [1.807, 2.05) is 18.3 Å². The molecule has 0 saturated carbocycles. The number of thiophene rings is 1. The molecule has 0 N–H and O–H groups in total. The SMILES string of the molecule is CON=CCc1cc2c(Oc3ccc(Cl)cc3)cncc2s1. The van der Waals surface area contributed by atoms with Crippen molar-refractivity contribution in [3.8, 4) is 11.5 Å². The van der Waals surface area contributed by atoms with E-state index in [0.717, 1.165) is 21.6 Å². The molecule has 22 heavy (non-hydrogen) atoms. The fourth-order valence-electron chi connectivity index (χ4n) is 2.00. The smallest absolute Gasteiger partial charge is 0.154 e. The van der Waals surface area contributed by atoms with Gasteiger partial charge in [-0.2, -0.15) is 0 Å². The molecule has 0 atom stereocenters. The van der Waals surface area contributed by atoms with Crippen LogP contribution < -0.4 is 4.74 Å². The summed E-state index contributed by atoms with van der Waals surface area (Å²) in [4.78, 5) is 10.1. The Kier molecular flexibility index (Phi) is 4.56. The van der Waals surface area contributed by atoms with Crippen molar-refractivity contribution in [1.29, 1.82) is 0 Å². The molecule has 0 spiro atoms. The number of rotatable bonds is 5. The zero-order valence-electron chi connectivity index (χ0n) is 11.8. The van der Waals surface area contributed by atoms with E-state index in [2.05, 4.69) is 21.0 Å². The Balaban J connectivity index is 1.89. The van der Waals surface area contributed by atoms with Gasteiger partial charge in [0.1, 0.15) is 12.9 Å². The maximum absolute atomic E-state index is 5.91. The van der Waals surface area contributed by atoms with Crippen LogP contribution in [0.25, 0.3) is 10.1 Å². The molecule has 4 nitrogen and oxygen atoms in total. The monoisotopic (exact) mass is 332 g/mol. The van der Waals surface area contributed by atoms with Gasteiger partial charge in [-0.25, -0.2) is 0 Å². The molecule has 0 saturated heterocycles. The lowest BCUT2D eigenvalue weighted by Crippen LogP contribution is -1.85. The summed E-state index contributed by atoms with van der Waals surface area (Å²) in [5, 5.41) is 5.48. The Morgan fingerprint density at radius 3 is 2.86 bits per heavy atom. The first-order valence-electron chi connectivity index (χ1n) is 6.61. The first-order valence-corrected chi connectivity index (χ1v) is 7.80. The Bertz CT molecular complexity index is 800. The van der Waals surface area contributed by atoms with Crippen LogP contribution in [0.2, 0.25) is 5.02 Å². The maximum Gasteiger partial charge on any atom is 0.154 e. The highest BCUT2D eigenvalue weighted by atomic mass is 35.5. The van der Waals surface area contributed by atoms with E-state index >= 15 is 0 Å². The van der Waals surface area contributed by atoms with Crippen molar-refractivity contribution in [2.45, 2.75) is 6.42 Å². The standard InChI is InChI=1S/C16H13ClN2O2S/c1-20-19-7-6-13-8-14-15(9-18-10-16(14)22-13)21-12-4-2-11(17)3-5-12/h2-5,7-10H,6H2,1H3. The van der Waals surface area contributed by atoms with Crippen LogP contribution in [-0.4, -0.2) is 18.3 Å². The lowest BCUT2D eigenvalue weighted by Gasteiger charge is -2.06. The molecule has 0 aliphatic carbocycles. The second-order valence-corrected chi connectivity index (χ2v) is 6.10. The minimum absolute atomic E-state index is 0.680. The van der Waals surface area contributed by atoms with Gasteiger partial charge in [-0.3, -0.25) is 4.98 Å². The van der Waals surface area contributed by atoms with Crippen molar-refractivity contribution >= 4 is 39.2 Å². The molecule has 0 radical (unpaired) electrons. The summed E-state index contributed by atoms with van der Waals surface area (Å²) in [5.41, 5.74) is 0. The molecule has 2 heterocycles. The Hall–Kier alpha value is -2.11. The number of pyridine rings is 1. The van der Waals surface area contributed by atoms with Crippen LogP contribution in [0.1, 0.15) is 4.88 Å². The van der Waals surface area contributed by atoms with Crippen LogP contribution in [0.4, 0.5) is 0 Å². The zero-order chi connectivity index (χ0) is 15.4. The van der Waals surface area contributed by atoms with Crippen molar-refractivity contribution in [2.24, 2.45) is 5.16 Å². The minimum Gasteiger partial charge on any atom is -0.455 e. The molecule has 3 aromatic rings. The molecule has 0 aliphatic rings. The van der Waals surface area contributed by atoms with Crippen LogP contribution in [0.5, 0.6) is 11.5 Å². The first-order chi connectivity index (χ1) is 10.8. The van der Waals surface area contributed by atoms with Gasteiger partial charge in [0.2, 0.25) is 0 Å². The van der Waals surface area contributed by atoms with Gasteiger partial charge in [0, 0.05) is 34.1 Å². The zero-order valence-corrected chi connectivity index (χ0v) is 13.4. The average molecular weight is 333 g/mol. The number of benzene rings is 1. The topological polar surface area (TPSA) is 43.7 Å². The van der Waals surface area contributed by atoms with Gasteiger partial charge in [-0.05, 0) is 30.3 Å². The van der Waals surface area contributed by atoms with Gasteiger partial charge in [-0.1, -0.05) is 16.8 Å². The third-order valence-corrected chi connectivity index (χ3v) is 4.32. The van der Waals surface area contributed by atoms with Gasteiger partial charge in [0.15, 0.2) is 5.75 Å². The van der Waals surface area contributed by atoms with Crippen molar-refractivity contribution in [3.05, 3.63) is 52.6 Å². The predicted molar refractivity (Wildman–Crippen MR) is 90.4 cm³/mol. The van der Waals surface area contributed by atoms with Crippen LogP contribution >= 0.6 is 22.9 Å². The van der Waals surface area contributed by atoms with Crippen molar-refractivity contribution in [3.63, 3.8) is 0 Å². The molecule has 2 aromatic heterocycles. The number of halogens is 1. The molecule has 0 unspecified atom stereocenters. The molecular weight excluding hydrogens is 320 g/mol. The van der Waals surface area contributed by atoms with Gasteiger partial charge in [0.25, 0.3) is 0 Å². The number of nitrogens with zero attached hydrogens (tertiary/aromatic N) is 2.